The van der Waals surface area contributed by atoms with Gasteiger partial charge >= 0.3 is 0 Å². The Kier molecular flexibility index (Phi) is 8.43. The molecule has 3 amide bonds. The second kappa shape index (κ2) is 11.7. The van der Waals surface area contributed by atoms with Gasteiger partial charge in [0, 0.05) is 50.6 Å². The molecular formula is C31H46N4O5. The van der Waals surface area contributed by atoms with Crippen LogP contribution in [0.25, 0.3) is 0 Å². The number of nitrogens with zero attached hydrogens (tertiary/aromatic N) is 2. The Labute approximate surface area is 238 Å². The highest BCUT2D eigenvalue weighted by molar-refractivity contribution is 6.04. The van der Waals surface area contributed by atoms with E-state index in [2.05, 4.69) is 17.6 Å². The van der Waals surface area contributed by atoms with Gasteiger partial charge in [-0.15, -0.1) is 0 Å². The number of piperidine rings is 1. The van der Waals surface area contributed by atoms with Crippen LogP contribution in [0.15, 0.2) is 18.2 Å². The highest BCUT2D eigenvalue weighted by atomic mass is 16.5. The highest BCUT2D eigenvalue weighted by Gasteiger charge is 2.43. The zero-order chi connectivity index (χ0) is 28.5. The predicted octanol–water partition coefficient (Wildman–Crippen LogP) is 3.79. The summed E-state index contributed by atoms with van der Waals surface area (Å²) in [5.41, 5.74) is 0.362. The molecule has 2 heterocycles. The lowest BCUT2D eigenvalue weighted by atomic mass is 9.82. The quantitative estimate of drug-likeness (QED) is 0.451. The van der Waals surface area contributed by atoms with E-state index in [4.69, 9.17) is 9.47 Å². The summed E-state index contributed by atoms with van der Waals surface area (Å²) in [6, 6.07) is 5.87. The number of benzene rings is 1. The van der Waals surface area contributed by atoms with Gasteiger partial charge in [-0.1, -0.05) is 19.3 Å². The van der Waals surface area contributed by atoms with E-state index < -0.39 is 5.60 Å². The largest absolute Gasteiger partial charge is 0.476 e. The second-order valence-electron chi connectivity index (χ2n) is 12.9. The number of anilines is 2. The van der Waals surface area contributed by atoms with Crippen LogP contribution in [0.2, 0.25) is 0 Å². The Morgan fingerprint density at radius 2 is 1.85 bits per heavy atom. The molecule has 1 aromatic carbocycles. The molecule has 2 aliphatic carbocycles. The van der Waals surface area contributed by atoms with Gasteiger partial charge in [-0.05, 0) is 77.5 Å². The third kappa shape index (κ3) is 6.15. The van der Waals surface area contributed by atoms with E-state index in [-0.39, 0.29) is 41.1 Å². The number of amides is 3. The smallest absolute Gasteiger partial charge is 0.270 e. The van der Waals surface area contributed by atoms with Gasteiger partial charge in [-0.25, -0.2) is 0 Å². The lowest BCUT2D eigenvalue weighted by molar-refractivity contribution is -0.132. The lowest BCUT2D eigenvalue weighted by Gasteiger charge is -2.40. The monoisotopic (exact) mass is 554 g/mol. The SMILES string of the molecule is COCCCN1C(=O)C(C)(C)Oc2ccc(N(C(=O)[C@H]3CNC[C@@H](C(=O)NC4(C)CCCCC4)C3)C3CC3)cc21. The predicted molar refractivity (Wildman–Crippen MR) is 155 cm³/mol. The van der Waals surface area contributed by atoms with Gasteiger partial charge in [0.25, 0.3) is 5.91 Å². The van der Waals surface area contributed by atoms with E-state index in [1.54, 1.807) is 25.9 Å². The molecule has 1 saturated heterocycles. The molecule has 0 unspecified atom stereocenters. The maximum absolute atomic E-state index is 14.1. The van der Waals surface area contributed by atoms with Crippen LogP contribution in [-0.4, -0.2) is 68.3 Å². The zero-order valence-corrected chi connectivity index (χ0v) is 24.6. The van der Waals surface area contributed by atoms with E-state index in [9.17, 15) is 14.4 Å². The van der Waals surface area contributed by atoms with Crippen LogP contribution in [0.1, 0.15) is 78.6 Å². The molecule has 2 N–H and O–H groups in total. The fourth-order valence-corrected chi connectivity index (χ4v) is 6.53. The normalized spacial score (nSPS) is 25.5. The number of ether oxygens (including phenoxy) is 2. The van der Waals surface area contributed by atoms with Crippen LogP contribution in [0.4, 0.5) is 11.4 Å². The Hall–Kier alpha value is -2.65. The number of nitrogens with one attached hydrogen (secondary N) is 2. The Morgan fingerprint density at radius 1 is 1.12 bits per heavy atom. The molecule has 9 heteroatoms. The molecule has 9 nitrogen and oxygen atoms in total. The van der Waals surface area contributed by atoms with Crippen molar-refractivity contribution in [2.45, 2.75) is 95.7 Å². The van der Waals surface area contributed by atoms with Crippen molar-refractivity contribution in [3.05, 3.63) is 18.2 Å². The average Bonchev–Trinajstić information content (AvgIpc) is 3.76. The summed E-state index contributed by atoms with van der Waals surface area (Å²) in [5, 5.41) is 6.70. The molecule has 40 heavy (non-hydrogen) atoms. The van der Waals surface area contributed by atoms with Gasteiger partial charge in [0.05, 0.1) is 17.5 Å². The van der Waals surface area contributed by atoms with Gasteiger partial charge in [0.15, 0.2) is 5.60 Å². The fourth-order valence-electron chi connectivity index (χ4n) is 6.53. The number of rotatable bonds is 9. The maximum atomic E-state index is 14.1. The number of hydrogen-bond donors (Lipinski definition) is 2. The molecule has 3 fully saturated rings. The number of hydrogen-bond acceptors (Lipinski definition) is 6. The molecule has 2 aliphatic heterocycles. The lowest BCUT2D eigenvalue weighted by Crippen LogP contribution is -2.54. The molecule has 0 aromatic heterocycles. The van der Waals surface area contributed by atoms with E-state index in [0.29, 0.717) is 50.5 Å². The molecule has 1 aromatic rings. The van der Waals surface area contributed by atoms with Gasteiger partial charge < -0.3 is 29.9 Å². The topological polar surface area (TPSA) is 100 Å². The van der Waals surface area contributed by atoms with Crippen LogP contribution in [-0.2, 0) is 19.1 Å². The summed E-state index contributed by atoms with van der Waals surface area (Å²) in [7, 11) is 1.65. The summed E-state index contributed by atoms with van der Waals surface area (Å²) in [6.45, 7) is 7.94. The molecule has 0 bridgehead atoms. The maximum Gasteiger partial charge on any atom is 0.270 e. The molecule has 5 rings (SSSR count). The molecular weight excluding hydrogens is 508 g/mol. The summed E-state index contributed by atoms with van der Waals surface area (Å²) < 4.78 is 11.3. The Balaban J connectivity index is 1.34. The summed E-state index contributed by atoms with van der Waals surface area (Å²) in [5.74, 6) is 0.137. The van der Waals surface area contributed by atoms with Crippen molar-refractivity contribution in [1.82, 2.24) is 10.6 Å². The number of carbonyl (C=O) groups excluding carboxylic acids is 3. The highest BCUT2D eigenvalue weighted by Crippen LogP contribution is 2.43. The first-order valence-electron chi connectivity index (χ1n) is 15.1. The Morgan fingerprint density at radius 3 is 2.55 bits per heavy atom. The van der Waals surface area contributed by atoms with E-state index in [1.165, 1.54) is 6.42 Å². The van der Waals surface area contributed by atoms with Crippen LogP contribution in [0, 0.1) is 11.8 Å². The first-order chi connectivity index (χ1) is 19.1. The third-order valence-corrected chi connectivity index (χ3v) is 8.97. The van der Waals surface area contributed by atoms with Crippen molar-refractivity contribution in [1.29, 1.82) is 0 Å². The third-order valence-electron chi connectivity index (χ3n) is 8.97. The van der Waals surface area contributed by atoms with Crippen LogP contribution >= 0.6 is 0 Å². The minimum Gasteiger partial charge on any atom is -0.476 e. The van der Waals surface area contributed by atoms with Crippen molar-refractivity contribution < 1.29 is 23.9 Å². The summed E-state index contributed by atoms with van der Waals surface area (Å²) in [4.78, 5) is 44.3. The number of methoxy groups -OCH3 is 1. The van der Waals surface area contributed by atoms with Crippen molar-refractivity contribution in [3.8, 4) is 5.75 Å². The fraction of sp³-hybridized carbons (Fsp3) is 0.710. The zero-order valence-electron chi connectivity index (χ0n) is 24.6. The van der Waals surface area contributed by atoms with Crippen molar-refractivity contribution >= 4 is 29.1 Å². The van der Waals surface area contributed by atoms with Gasteiger partial charge in [-0.2, -0.15) is 0 Å². The molecule has 0 radical (unpaired) electrons. The first kappa shape index (κ1) is 28.9. The van der Waals surface area contributed by atoms with E-state index in [0.717, 1.165) is 44.2 Å². The molecule has 0 spiro atoms. The molecule has 2 atom stereocenters. The van der Waals surface area contributed by atoms with Crippen molar-refractivity contribution in [2.24, 2.45) is 11.8 Å². The van der Waals surface area contributed by atoms with Gasteiger partial charge in [0.2, 0.25) is 11.8 Å². The summed E-state index contributed by atoms with van der Waals surface area (Å²) >= 11 is 0. The summed E-state index contributed by atoms with van der Waals surface area (Å²) in [6.07, 6.45) is 8.70. The Bertz CT molecular complexity index is 1110. The van der Waals surface area contributed by atoms with Crippen molar-refractivity contribution in [2.75, 3.05) is 43.2 Å². The van der Waals surface area contributed by atoms with E-state index in [1.807, 2.05) is 23.1 Å². The second-order valence-corrected chi connectivity index (χ2v) is 12.9. The molecule has 2 saturated carbocycles. The minimum atomic E-state index is -0.967. The first-order valence-corrected chi connectivity index (χ1v) is 15.1. The van der Waals surface area contributed by atoms with Gasteiger partial charge in [-0.3, -0.25) is 14.4 Å². The number of fused-ring (bicyclic) bond motifs is 1. The van der Waals surface area contributed by atoms with Crippen LogP contribution in [0.3, 0.4) is 0 Å². The van der Waals surface area contributed by atoms with Crippen molar-refractivity contribution in [3.63, 3.8) is 0 Å². The van der Waals surface area contributed by atoms with Crippen LogP contribution < -0.4 is 25.2 Å². The average molecular weight is 555 g/mol. The minimum absolute atomic E-state index is 0.0469. The van der Waals surface area contributed by atoms with Gasteiger partial charge in [0.1, 0.15) is 5.75 Å². The molecule has 220 valence electrons. The standard InChI is InChI=1S/C31H46N4O5/c1-30(2)29(38)34(15-8-16-39-4)25-18-24(11-12-26(25)40-30)35(23-9-10-23)28(37)22-17-21(19-32-20-22)27(36)33-31(3)13-6-5-7-14-31/h11-12,18,21-23,32H,5-10,13-17,19-20H2,1-4H3,(H,33,36)/t21-,22+/m0/s1. The van der Waals surface area contributed by atoms with Crippen LogP contribution in [0.5, 0.6) is 5.75 Å². The van der Waals surface area contributed by atoms with E-state index >= 15 is 0 Å². The number of carbonyl (C=O) groups is 3. The molecule has 4 aliphatic rings.